The number of para-hydroxylation sites is 1. The molecule has 1 aromatic carbocycles. The molecule has 2 saturated heterocycles. The van der Waals surface area contributed by atoms with E-state index in [1.54, 1.807) is 0 Å². The molecule has 0 N–H and O–H groups in total. The molecule has 1 amide bonds. The van der Waals surface area contributed by atoms with Gasteiger partial charge in [0.1, 0.15) is 5.82 Å². The van der Waals surface area contributed by atoms with Crippen LogP contribution in [-0.4, -0.2) is 67.0 Å². The molecule has 1 atom stereocenters. The highest BCUT2D eigenvalue weighted by Crippen LogP contribution is 2.26. The van der Waals surface area contributed by atoms with E-state index in [0.29, 0.717) is 6.04 Å². The largest absolute Gasteiger partial charge is 0.363 e. The van der Waals surface area contributed by atoms with Gasteiger partial charge in [-0.15, -0.1) is 0 Å². The normalized spacial score (nSPS) is 21.2. The van der Waals surface area contributed by atoms with E-state index in [1.807, 2.05) is 54.2 Å². The number of carbonyl (C=O) groups is 1. The van der Waals surface area contributed by atoms with Crippen LogP contribution in [0.3, 0.4) is 0 Å². The van der Waals surface area contributed by atoms with Crippen molar-refractivity contribution < 1.29 is 4.79 Å². The molecule has 2 fully saturated rings. The van der Waals surface area contributed by atoms with Crippen LogP contribution >= 0.6 is 0 Å². The Morgan fingerprint density at radius 2 is 1.92 bits per heavy atom. The lowest BCUT2D eigenvalue weighted by atomic mass is 10.1. The topological polar surface area (TPSA) is 39.7 Å². The number of anilines is 1. The molecule has 5 nitrogen and oxygen atoms in total. The van der Waals surface area contributed by atoms with Gasteiger partial charge in [0.25, 0.3) is 5.91 Å². The Kier molecular flexibility index (Phi) is 4.34. The summed E-state index contributed by atoms with van der Waals surface area (Å²) in [6, 6.07) is 10.4. The first-order valence-corrected chi connectivity index (χ1v) is 9.24. The second kappa shape index (κ2) is 6.64. The van der Waals surface area contributed by atoms with Gasteiger partial charge in [-0.2, -0.15) is 0 Å². The van der Waals surface area contributed by atoms with Crippen LogP contribution in [0.4, 0.5) is 5.82 Å². The molecule has 0 radical (unpaired) electrons. The summed E-state index contributed by atoms with van der Waals surface area (Å²) in [6.07, 6.45) is 3.69. The summed E-state index contributed by atoms with van der Waals surface area (Å²) in [4.78, 5) is 24.5. The van der Waals surface area contributed by atoms with Crippen molar-refractivity contribution in [3.8, 4) is 0 Å². The van der Waals surface area contributed by atoms with Crippen LogP contribution in [0.2, 0.25) is 0 Å². The lowest BCUT2D eigenvalue weighted by Gasteiger charge is -2.24. The number of carbonyl (C=O) groups excluding carboxylic acids is 1. The maximum Gasteiger partial charge on any atom is 0.254 e. The summed E-state index contributed by atoms with van der Waals surface area (Å²) in [5.41, 5.74) is 1.66. The van der Waals surface area contributed by atoms with Crippen LogP contribution in [0.5, 0.6) is 0 Å². The van der Waals surface area contributed by atoms with Crippen LogP contribution in [0.1, 0.15) is 29.6 Å². The van der Waals surface area contributed by atoms with Gasteiger partial charge in [-0.05, 0) is 44.5 Å². The second-order valence-electron chi connectivity index (χ2n) is 7.38. The zero-order valence-corrected chi connectivity index (χ0v) is 15.1. The minimum atomic E-state index is 0.142. The van der Waals surface area contributed by atoms with Gasteiger partial charge >= 0.3 is 0 Å². The number of hydrogen-bond acceptors (Lipinski definition) is 4. The molecule has 0 aliphatic carbocycles. The van der Waals surface area contributed by atoms with Crippen LogP contribution in [-0.2, 0) is 0 Å². The third-order valence-corrected chi connectivity index (χ3v) is 5.50. The van der Waals surface area contributed by atoms with Gasteiger partial charge in [-0.3, -0.25) is 9.69 Å². The smallest absolute Gasteiger partial charge is 0.254 e. The Bertz CT molecular complexity index is 782. The monoisotopic (exact) mass is 338 g/mol. The highest BCUT2D eigenvalue weighted by atomic mass is 16.2. The van der Waals surface area contributed by atoms with Crippen molar-refractivity contribution in [2.75, 3.05) is 45.2 Å². The highest BCUT2D eigenvalue weighted by molar-refractivity contribution is 6.07. The predicted molar refractivity (Wildman–Crippen MR) is 101 cm³/mol. The predicted octanol–water partition coefficient (Wildman–Crippen LogP) is 2.61. The van der Waals surface area contributed by atoms with Crippen LogP contribution in [0.15, 0.2) is 30.3 Å². The number of nitrogens with zero attached hydrogens (tertiary/aromatic N) is 4. The zero-order chi connectivity index (χ0) is 17.4. The Balaban J connectivity index is 1.63. The first-order chi connectivity index (χ1) is 12.1. The number of amides is 1. The number of pyridine rings is 1. The molecular weight excluding hydrogens is 312 g/mol. The van der Waals surface area contributed by atoms with E-state index in [9.17, 15) is 4.79 Å². The maximum atomic E-state index is 13.3. The van der Waals surface area contributed by atoms with Gasteiger partial charge in [0.2, 0.25) is 0 Å². The maximum absolute atomic E-state index is 13.3. The van der Waals surface area contributed by atoms with Crippen molar-refractivity contribution in [1.82, 2.24) is 14.8 Å². The zero-order valence-electron chi connectivity index (χ0n) is 15.1. The van der Waals surface area contributed by atoms with Crippen LogP contribution < -0.4 is 4.90 Å². The van der Waals surface area contributed by atoms with E-state index in [2.05, 4.69) is 9.88 Å². The molecule has 4 rings (SSSR count). The standard InChI is InChI=1S/C20H26N4O/c1-22(2)19-13-17(16-7-3-4-8-18(16)21-19)20(25)24-12-9-15(14-24)23-10-5-6-11-23/h3-4,7-8,13,15H,5-6,9-12,14H2,1-2H3. The average Bonchev–Trinajstić information content (AvgIpc) is 3.31. The van der Waals surface area contributed by atoms with E-state index in [-0.39, 0.29) is 5.91 Å². The van der Waals surface area contributed by atoms with Gasteiger partial charge in [-0.25, -0.2) is 4.98 Å². The molecule has 1 aromatic heterocycles. The summed E-state index contributed by atoms with van der Waals surface area (Å²) in [7, 11) is 3.93. The Morgan fingerprint density at radius 3 is 2.68 bits per heavy atom. The molecule has 3 heterocycles. The third-order valence-electron chi connectivity index (χ3n) is 5.50. The van der Waals surface area contributed by atoms with Gasteiger partial charge < -0.3 is 9.80 Å². The summed E-state index contributed by atoms with van der Waals surface area (Å²) in [6.45, 7) is 4.09. The Labute approximate surface area is 149 Å². The number of likely N-dealkylation sites (tertiary alicyclic amines) is 2. The number of rotatable bonds is 3. The number of benzene rings is 1. The van der Waals surface area contributed by atoms with Crippen LogP contribution in [0.25, 0.3) is 10.9 Å². The van der Waals surface area contributed by atoms with Crippen molar-refractivity contribution in [1.29, 1.82) is 0 Å². The molecule has 132 valence electrons. The van der Waals surface area contributed by atoms with Crippen molar-refractivity contribution >= 4 is 22.6 Å². The summed E-state index contributed by atoms with van der Waals surface area (Å²) >= 11 is 0. The Hall–Kier alpha value is -2.14. The fourth-order valence-electron chi connectivity index (χ4n) is 4.07. The van der Waals surface area contributed by atoms with Crippen molar-refractivity contribution in [2.45, 2.75) is 25.3 Å². The molecule has 0 saturated carbocycles. The number of aromatic nitrogens is 1. The minimum Gasteiger partial charge on any atom is -0.363 e. The van der Waals surface area contributed by atoms with Gasteiger partial charge in [0, 0.05) is 38.6 Å². The van der Waals surface area contributed by atoms with Crippen molar-refractivity contribution in [3.05, 3.63) is 35.9 Å². The van der Waals surface area contributed by atoms with E-state index >= 15 is 0 Å². The molecule has 1 unspecified atom stereocenters. The van der Waals surface area contributed by atoms with Gasteiger partial charge in [0.05, 0.1) is 11.1 Å². The lowest BCUT2D eigenvalue weighted by molar-refractivity contribution is 0.0782. The number of hydrogen-bond donors (Lipinski definition) is 0. The SMILES string of the molecule is CN(C)c1cc(C(=O)N2CCC(N3CCCC3)C2)c2ccccc2n1. The van der Waals surface area contributed by atoms with E-state index < -0.39 is 0 Å². The highest BCUT2D eigenvalue weighted by Gasteiger charge is 2.32. The van der Waals surface area contributed by atoms with Crippen molar-refractivity contribution in [2.24, 2.45) is 0 Å². The third kappa shape index (κ3) is 3.09. The van der Waals surface area contributed by atoms with Gasteiger partial charge in [-0.1, -0.05) is 18.2 Å². The first-order valence-electron chi connectivity index (χ1n) is 9.24. The average molecular weight is 338 g/mol. The fraction of sp³-hybridized carbons (Fsp3) is 0.500. The first kappa shape index (κ1) is 16.3. The second-order valence-corrected chi connectivity index (χ2v) is 7.38. The van der Waals surface area contributed by atoms with E-state index in [1.165, 1.54) is 25.9 Å². The molecule has 2 aliphatic heterocycles. The minimum absolute atomic E-state index is 0.142. The molecule has 2 aliphatic rings. The molecule has 0 spiro atoms. The molecule has 25 heavy (non-hydrogen) atoms. The fourth-order valence-corrected chi connectivity index (χ4v) is 4.07. The molecule has 0 bridgehead atoms. The van der Waals surface area contributed by atoms with Crippen molar-refractivity contribution in [3.63, 3.8) is 0 Å². The van der Waals surface area contributed by atoms with Gasteiger partial charge in [0.15, 0.2) is 0 Å². The summed E-state index contributed by atoms with van der Waals surface area (Å²) < 4.78 is 0. The molecule has 2 aromatic rings. The van der Waals surface area contributed by atoms with E-state index in [4.69, 9.17) is 0 Å². The molecular formula is C20H26N4O. The molecule has 5 heteroatoms. The lowest BCUT2D eigenvalue weighted by Crippen LogP contribution is -2.37. The summed E-state index contributed by atoms with van der Waals surface area (Å²) in [5.74, 6) is 0.973. The number of fused-ring (bicyclic) bond motifs is 1. The quantitative estimate of drug-likeness (QED) is 0.862. The van der Waals surface area contributed by atoms with E-state index in [0.717, 1.165) is 41.8 Å². The Morgan fingerprint density at radius 1 is 1.16 bits per heavy atom. The summed E-state index contributed by atoms with van der Waals surface area (Å²) in [5, 5.41) is 0.947. The van der Waals surface area contributed by atoms with Crippen LogP contribution in [0, 0.1) is 0 Å².